The van der Waals surface area contributed by atoms with Gasteiger partial charge in [-0.25, -0.2) is 9.59 Å². The number of amides is 2. The van der Waals surface area contributed by atoms with Gasteiger partial charge in [0, 0.05) is 19.3 Å². The summed E-state index contributed by atoms with van der Waals surface area (Å²) in [4.78, 5) is 23.7. The highest BCUT2D eigenvalue weighted by atomic mass is 19.4. The minimum atomic E-state index is -4.71. The van der Waals surface area contributed by atoms with Gasteiger partial charge in [-0.1, -0.05) is 6.08 Å². The van der Waals surface area contributed by atoms with Crippen LogP contribution in [0.2, 0.25) is 0 Å². The number of alkyl halides is 3. The summed E-state index contributed by atoms with van der Waals surface area (Å²) >= 11 is 0. The van der Waals surface area contributed by atoms with E-state index in [9.17, 15) is 22.8 Å². The van der Waals surface area contributed by atoms with Crippen LogP contribution in [0.4, 0.5) is 23.7 Å². The van der Waals surface area contributed by atoms with E-state index in [2.05, 4.69) is 11.9 Å². The summed E-state index contributed by atoms with van der Waals surface area (Å²) in [5.74, 6) is -1.52. The molecule has 0 fully saturated rings. The summed E-state index contributed by atoms with van der Waals surface area (Å²) in [5, 5.41) is 11.0. The molecule has 2 amide bonds. The second kappa shape index (κ2) is 6.29. The fourth-order valence-electron chi connectivity index (χ4n) is 1.48. The largest absolute Gasteiger partial charge is 0.478 e. The molecule has 0 spiro atoms. The number of nitrogens with zero attached hydrogens (tertiary/aromatic N) is 1. The standard InChI is InChI=1S/C13H13F3N2O3/c1-3-4-18(2)12(21)17-10-6-8(11(19)20)5-9(7-10)13(14,15)16/h3,5-7H,1,4H2,2H3,(H,17,21)(H,19,20). The number of carbonyl (C=O) groups excluding carboxylic acids is 1. The number of urea groups is 1. The van der Waals surface area contributed by atoms with Gasteiger partial charge in [0.15, 0.2) is 0 Å². The molecule has 0 unspecified atom stereocenters. The van der Waals surface area contributed by atoms with Gasteiger partial charge in [-0.2, -0.15) is 13.2 Å². The van der Waals surface area contributed by atoms with Crippen molar-refractivity contribution in [2.45, 2.75) is 6.18 Å². The van der Waals surface area contributed by atoms with Crippen LogP contribution in [-0.4, -0.2) is 35.6 Å². The van der Waals surface area contributed by atoms with Crippen molar-refractivity contribution >= 4 is 17.7 Å². The summed E-state index contributed by atoms with van der Waals surface area (Å²) in [6.45, 7) is 3.62. The number of likely N-dealkylation sites (N-methyl/N-ethyl adjacent to an activating group) is 1. The van der Waals surface area contributed by atoms with Crippen LogP contribution in [0, 0.1) is 0 Å². The van der Waals surface area contributed by atoms with Crippen molar-refractivity contribution in [3.63, 3.8) is 0 Å². The molecule has 0 saturated heterocycles. The number of hydrogen-bond donors (Lipinski definition) is 2. The molecule has 8 heteroatoms. The lowest BCUT2D eigenvalue weighted by molar-refractivity contribution is -0.137. The average molecular weight is 302 g/mol. The van der Waals surface area contributed by atoms with Crippen molar-refractivity contribution in [1.82, 2.24) is 4.90 Å². The number of aromatic carboxylic acids is 1. The zero-order valence-electron chi connectivity index (χ0n) is 11.1. The Morgan fingerprint density at radius 3 is 2.48 bits per heavy atom. The van der Waals surface area contributed by atoms with Crippen LogP contribution >= 0.6 is 0 Å². The molecular weight excluding hydrogens is 289 g/mol. The predicted octanol–water partition coefficient (Wildman–Crippen LogP) is 3.05. The molecule has 0 atom stereocenters. The summed E-state index contributed by atoms with van der Waals surface area (Å²) in [6, 6.07) is 1.46. The van der Waals surface area contributed by atoms with E-state index in [1.54, 1.807) is 0 Å². The maximum absolute atomic E-state index is 12.7. The van der Waals surface area contributed by atoms with E-state index in [0.29, 0.717) is 12.1 Å². The number of anilines is 1. The molecular formula is C13H13F3N2O3. The number of carboxylic acids is 1. The first-order valence-electron chi connectivity index (χ1n) is 5.73. The highest BCUT2D eigenvalue weighted by Gasteiger charge is 2.32. The Hall–Kier alpha value is -2.51. The smallest absolute Gasteiger partial charge is 0.416 e. The van der Waals surface area contributed by atoms with Crippen molar-refractivity contribution in [1.29, 1.82) is 0 Å². The highest BCUT2D eigenvalue weighted by Crippen LogP contribution is 2.32. The second-order valence-electron chi connectivity index (χ2n) is 4.20. The van der Waals surface area contributed by atoms with Gasteiger partial charge in [0.05, 0.1) is 11.1 Å². The maximum Gasteiger partial charge on any atom is 0.416 e. The molecule has 0 saturated carbocycles. The third-order valence-corrected chi connectivity index (χ3v) is 2.51. The first-order chi connectivity index (χ1) is 9.65. The Kier molecular flexibility index (Phi) is 4.96. The summed E-state index contributed by atoms with van der Waals surface area (Å²) in [6.07, 6.45) is -3.27. The molecule has 114 valence electrons. The fourth-order valence-corrected chi connectivity index (χ4v) is 1.48. The lowest BCUT2D eigenvalue weighted by Crippen LogP contribution is -2.31. The monoisotopic (exact) mass is 302 g/mol. The number of nitrogens with one attached hydrogen (secondary N) is 1. The number of benzene rings is 1. The molecule has 0 heterocycles. The molecule has 0 aliphatic heterocycles. The van der Waals surface area contributed by atoms with E-state index in [-0.39, 0.29) is 12.2 Å². The Balaban J connectivity index is 3.12. The zero-order chi connectivity index (χ0) is 16.2. The van der Waals surface area contributed by atoms with Crippen LogP contribution < -0.4 is 5.32 Å². The van der Waals surface area contributed by atoms with E-state index in [0.717, 1.165) is 6.07 Å². The minimum Gasteiger partial charge on any atom is -0.478 e. The SMILES string of the molecule is C=CCN(C)C(=O)Nc1cc(C(=O)O)cc(C(F)(F)F)c1. The quantitative estimate of drug-likeness (QED) is 0.840. The topological polar surface area (TPSA) is 69.6 Å². The molecule has 0 aliphatic rings. The number of carbonyl (C=O) groups is 2. The van der Waals surface area contributed by atoms with Crippen molar-refractivity contribution in [2.24, 2.45) is 0 Å². The van der Waals surface area contributed by atoms with Gasteiger partial charge < -0.3 is 15.3 Å². The highest BCUT2D eigenvalue weighted by molar-refractivity contribution is 5.93. The molecule has 0 bridgehead atoms. The number of halogens is 3. The Labute approximate surface area is 118 Å². The average Bonchev–Trinajstić information content (AvgIpc) is 2.37. The molecule has 1 aromatic carbocycles. The molecule has 1 aromatic rings. The Morgan fingerprint density at radius 2 is 2.00 bits per heavy atom. The molecule has 0 aromatic heterocycles. The van der Waals surface area contributed by atoms with Gasteiger partial charge >= 0.3 is 18.2 Å². The molecule has 1 rings (SSSR count). The van der Waals surface area contributed by atoms with E-state index in [1.807, 2.05) is 0 Å². The molecule has 5 nitrogen and oxygen atoms in total. The fraction of sp³-hybridized carbons (Fsp3) is 0.231. The molecule has 2 N–H and O–H groups in total. The van der Waals surface area contributed by atoms with Crippen LogP contribution in [0.3, 0.4) is 0 Å². The summed E-state index contributed by atoms with van der Waals surface area (Å²) < 4.78 is 38.1. The van der Waals surface area contributed by atoms with Crippen LogP contribution in [0.15, 0.2) is 30.9 Å². The molecule has 0 aliphatic carbocycles. The van der Waals surface area contributed by atoms with E-state index < -0.39 is 29.3 Å². The minimum absolute atomic E-state index is 0.191. The first-order valence-corrected chi connectivity index (χ1v) is 5.73. The van der Waals surface area contributed by atoms with Crippen LogP contribution in [0.25, 0.3) is 0 Å². The predicted molar refractivity (Wildman–Crippen MR) is 70.2 cm³/mol. The molecule has 0 radical (unpaired) electrons. The normalized spacial score (nSPS) is 10.9. The zero-order valence-corrected chi connectivity index (χ0v) is 11.1. The first kappa shape index (κ1) is 16.5. The van der Waals surface area contributed by atoms with Crippen LogP contribution in [0.1, 0.15) is 15.9 Å². The Morgan fingerprint density at radius 1 is 1.38 bits per heavy atom. The second-order valence-corrected chi connectivity index (χ2v) is 4.20. The third-order valence-electron chi connectivity index (χ3n) is 2.51. The molecule has 21 heavy (non-hydrogen) atoms. The van der Waals surface area contributed by atoms with Gasteiger partial charge in [0.25, 0.3) is 0 Å². The van der Waals surface area contributed by atoms with Gasteiger partial charge in [-0.15, -0.1) is 6.58 Å². The number of carboxylic acid groups (broad SMARTS) is 1. The van der Waals surface area contributed by atoms with E-state index in [4.69, 9.17) is 5.11 Å². The summed E-state index contributed by atoms with van der Waals surface area (Å²) in [7, 11) is 1.42. The van der Waals surface area contributed by atoms with Crippen molar-refractivity contribution in [2.75, 3.05) is 18.9 Å². The van der Waals surface area contributed by atoms with E-state index in [1.165, 1.54) is 18.0 Å². The Bertz CT molecular complexity index is 570. The van der Waals surface area contributed by atoms with E-state index >= 15 is 0 Å². The van der Waals surface area contributed by atoms with Gasteiger partial charge in [-0.3, -0.25) is 0 Å². The lowest BCUT2D eigenvalue weighted by atomic mass is 10.1. The van der Waals surface area contributed by atoms with Crippen molar-refractivity contribution in [3.05, 3.63) is 42.0 Å². The van der Waals surface area contributed by atoms with Gasteiger partial charge in [-0.05, 0) is 18.2 Å². The number of rotatable bonds is 4. The van der Waals surface area contributed by atoms with Crippen molar-refractivity contribution in [3.8, 4) is 0 Å². The van der Waals surface area contributed by atoms with Gasteiger partial charge in [0.2, 0.25) is 0 Å². The summed E-state index contributed by atoms with van der Waals surface area (Å²) in [5.41, 5.74) is -1.96. The van der Waals surface area contributed by atoms with Crippen molar-refractivity contribution < 1.29 is 27.9 Å². The van der Waals surface area contributed by atoms with Gasteiger partial charge in [0.1, 0.15) is 0 Å². The third kappa shape index (κ3) is 4.51. The van der Waals surface area contributed by atoms with Crippen LogP contribution in [-0.2, 0) is 6.18 Å². The maximum atomic E-state index is 12.7. The van der Waals surface area contributed by atoms with Crippen LogP contribution in [0.5, 0.6) is 0 Å². The number of hydrogen-bond acceptors (Lipinski definition) is 2. The lowest BCUT2D eigenvalue weighted by Gasteiger charge is -2.17.